The lowest BCUT2D eigenvalue weighted by atomic mass is 10.0. The van der Waals surface area contributed by atoms with Crippen molar-refractivity contribution >= 4 is 5.96 Å². The average molecular weight is 339 g/mol. The van der Waals surface area contributed by atoms with Crippen LogP contribution >= 0.6 is 0 Å². The van der Waals surface area contributed by atoms with E-state index in [1.807, 2.05) is 6.08 Å². The Morgan fingerprint density at radius 1 is 1.33 bits per heavy atom. The Bertz CT molecular complexity index is 362. The van der Waals surface area contributed by atoms with Crippen molar-refractivity contribution in [1.82, 2.24) is 15.5 Å². The minimum absolute atomic E-state index is 0.295. The number of guanidine groups is 1. The summed E-state index contributed by atoms with van der Waals surface area (Å²) < 4.78 is 5.81. The molecule has 5 nitrogen and oxygen atoms in total. The highest BCUT2D eigenvalue weighted by atomic mass is 16.5. The van der Waals surface area contributed by atoms with Gasteiger partial charge in [0, 0.05) is 45.4 Å². The number of aliphatic imine (C=N–C) groups is 1. The zero-order valence-corrected chi connectivity index (χ0v) is 16.2. The van der Waals surface area contributed by atoms with E-state index >= 15 is 0 Å². The van der Waals surface area contributed by atoms with Gasteiger partial charge in [-0.05, 0) is 39.0 Å². The van der Waals surface area contributed by atoms with Gasteiger partial charge in [-0.15, -0.1) is 6.58 Å². The third-order valence-electron chi connectivity index (χ3n) is 4.47. The van der Waals surface area contributed by atoms with Crippen molar-refractivity contribution in [2.75, 3.05) is 39.3 Å². The number of nitrogens with zero attached hydrogens (tertiary/aromatic N) is 2. The average Bonchev–Trinajstić information content (AvgIpc) is 2.56. The highest BCUT2D eigenvalue weighted by molar-refractivity contribution is 5.80. The number of rotatable bonds is 10. The Morgan fingerprint density at radius 2 is 2.04 bits per heavy atom. The van der Waals surface area contributed by atoms with Crippen molar-refractivity contribution in [3.63, 3.8) is 0 Å². The van der Waals surface area contributed by atoms with Gasteiger partial charge in [-0.2, -0.15) is 0 Å². The molecule has 0 aliphatic carbocycles. The predicted molar refractivity (Wildman–Crippen MR) is 104 cm³/mol. The quantitative estimate of drug-likeness (QED) is 0.365. The molecule has 1 aliphatic heterocycles. The Labute approximate surface area is 148 Å². The summed E-state index contributed by atoms with van der Waals surface area (Å²) in [6.45, 7) is 18.1. The van der Waals surface area contributed by atoms with Gasteiger partial charge in [0.25, 0.3) is 0 Å². The van der Waals surface area contributed by atoms with Crippen LogP contribution in [0.2, 0.25) is 0 Å². The molecule has 0 saturated carbocycles. The summed E-state index contributed by atoms with van der Waals surface area (Å²) in [7, 11) is 0. The van der Waals surface area contributed by atoms with Gasteiger partial charge in [-0.3, -0.25) is 9.89 Å². The van der Waals surface area contributed by atoms with Gasteiger partial charge < -0.3 is 15.4 Å². The molecule has 0 aromatic rings. The topological polar surface area (TPSA) is 48.9 Å². The lowest BCUT2D eigenvalue weighted by Gasteiger charge is -2.32. The van der Waals surface area contributed by atoms with E-state index in [0.717, 1.165) is 64.6 Å². The van der Waals surface area contributed by atoms with Crippen LogP contribution in [-0.4, -0.2) is 62.3 Å². The normalized spacial score (nSPS) is 18.6. The van der Waals surface area contributed by atoms with Crippen molar-refractivity contribution in [3.05, 3.63) is 12.7 Å². The van der Waals surface area contributed by atoms with Crippen LogP contribution in [0.4, 0.5) is 0 Å². The molecular weight excluding hydrogens is 300 g/mol. The number of nitrogens with one attached hydrogen (secondary N) is 2. The van der Waals surface area contributed by atoms with Gasteiger partial charge in [-0.25, -0.2) is 0 Å². The minimum atomic E-state index is 0.295. The maximum atomic E-state index is 5.81. The maximum Gasteiger partial charge on any atom is 0.191 e. The number of hydrogen-bond acceptors (Lipinski definition) is 3. The highest BCUT2D eigenvalue weighted by Crippen LogP contribution is 2.12. The van der Waals surface area contributed by atoms with Crippen LogP contribution in [0.5, 0.6) is 0 Å². The van der Waals surface area contributed by atoms with E-state index in [0.29, 0.717) is 18.1 Å². The van der Waals surface area contributed by atoms with E-state index in [1.54, 1.807) is 0 Å². The predicted octanol–water partition coefficient (Wildman–Crippen LogP) is 2.64. The smallest absolute Gasteiger partial charge is 0.191 e. The fraction of sp³-hybridized carbons (Fsp3) is 0.842. The molecule has 0 bridgehead atoms. The third-order valence-corrected chi connectivity index (χ3v) is 4.47. The number of ether oxygens (including phenoxy) is 1. The van der Waals surface area contributed by atoms with Crippen molar-refractivity contribution in [3.8, 4) is 0 Å². The lowest BCUT2D eigenvalue weighted by Crippen LogP contribution is -2.48. The number of likely N-dealkylation sites (tertiary alicyclic amines) is 1. The van der Waals surface area contributed by atoms with Gasteiger partial charge >= 0.3 is 0 Å². The van der Waals surface area contributed by atoms with Crippen LogP contribution in [0.15, 0.2) is 17.6 Å². The molecule has 2 N–H and O–H groups in total. The van der Waals surface area contributed by atoms with Crippen molar-refractivity contribution < 1.29 is 4.74 Å². The van der Waals surface area contributed by atoms with Gasteiger partial charge in [0.2, 0.25) is 0 Å². The molecule has 1 unspecified atom stereocenters. The molecule has 140 valence electrons. The zero-order chi connectivity index (χ0) is 17.8. The summed E-state index contributed by atoms with van der Waals surface area (Å²) in [5.41, 5.74) is 0. The summed E-state index contributed by atoms with van der Waals surface area (Å²) in [4.78, 5) is 7.20. The van der Waals surface area contributed by atoms with E-state index in [2.05, 4.69) is 49.8 Å². The van der Waals surface area contributed by atoms with Crippen molar-refractivity contribution in [2.45, 2.75) is 59.1 Å². The number of piperidine rings is 1. The molecule has 0 spiro atoms. The van der Waals surface area contributed by atoms with Gasteiger partial charge in [0.05, 0.1) is 6.10 Å². The molecule has 1 heterocycles. The Balaban J connectivity index is 2.43. The van der Waals surface area contributed by atoms with E-state index in [9.17, 15) is 0 Å². The lowest BCUT2D eigenvalue weighted by molar-refractivity contribution is 0.0266. The highest BCUT2D eigenvalue weighted by Gasteiger charge is 2.19. The summed E-state index contributed by atoms with van der Waals surface area (Å²) in [6, 6.07) is 0.511. The Kier molecular flexibility index (Phi) is 10.8. The first-order chi connectivity index (χ1) is 11.6. The molecule has 0 radical (unpaired) electrons. The van der Waals surface area contributed by atoms with E-state index in [1.165, 1.54) is 0 Å². The second-order valence-electron chi connectivity index (χ2n) is 6.80. The van der Waals surface area contributed by atoms with Gasteiger partial charge in [0.1, 0.15) is 0 Å². The van der Waals surface area contributed by atoms with Crippen molar-refractivity contribution in [2.24, 2.45) is 10.9 Å². The summed E-state index contributed by atoms with van der Waals surface area (Å²) >= 11 is 0. The van der Waals surface area contributed by atoms with E-state index < -0.39 is 0 Å². The van der Waals surface area contributed by atoms with Gasteiger partial charge in [0.15, 0.2) is 5.96 Å². The standard InChI is InChI=1S/C19H38N4O/c1-6-13-23-14-10-17(11-15-23)22-19(20-7-2)21-12-9-18(16(4)5)24-8-3/h6,16-18H,1,7-15H2,2-5H3,(H2,20,21,22). The first kappa shape index (κ1) is 21.0. The van der Waals surface area contributed by atoms with Crippen LogP contribution in [-0.2, 0) is 4.74 Å². The van der Waals surface area contributed by atoms with Crippen LogP contribution < -0.4 is 10.6 Å². The van der Waals surface area contributed by atoms with Crippen molar-refractivity contribution in [1.29, 1.82) is 0 Å². The fourth-order valence-corrected chi connectivity index (χ4v) is 3.08. The van der Waals surface area contributed by atoms with Crippen LogP contribution in [0.25, 0.3) is 0 Å². The third kappa shape index (κ3) is 8.15. The first-order valence-electron chi connectivity index (χ1n) is 9.60. The molecule has 5 heteroatoms. The molecule has 0 amide bonds. The summed E-state index contributed by atoms with van der Waals surface area (Å²) in [6.07, 6.45) is 5.57. The van der Waals surface area contributed by atoms with E-state index in [4.69, 9.17) is 9.73 Å². The minimum Gasteiger partial charge on any atom is -0.378 e. The molecule has 1 rings (SSSR count). The molecule has 1 atom stereocenters. The molecule has 0 aromatic heterocycles. The fourth-order valence-electron chi connectivity index (χ4n) is 3.08. The summed E-state index contributed by atoms with van der Waals surface area (Å²) in [5, 5.41) is 6.97. The molecule has 0 aromatic carbocycles. The molecule has 1 aliphatic rings. The maximum absolute atomic E-state index is 5.81. The van der Waals surface area contributed by atoms with Crippen LogP contribution in [0, 0.1) is 5.92 Å². The second kappa shape index (κ2) is 12.3. The van der Waals surface area contributed by atoms with E-state index in [-0.39, 0.29) is 0 Å². The Hall–Kier alpha value is -1.07. The molecular formula is C19H38N4O. The first-order valence-corrected chi connectivity index (χ1v) is 9.60. The Morgan fingerprint density at radius 3 is 2.58 bits per heavy atom. The number of hydrogen-bond donors (Lipinski definition) is 2. The van der Waals surface area contributed by atoms with Crippen LogP contribution in [0.3, 0.4) is 0 Å². The molecule has 24 heavy (non-hydrogen) atoms. The summed E-state index contributed by atoms with van der Waals surface area (Å²) in [5.74, 6) is 1.48. The van der Waals surface area contributed by atoms with Crippen LogP contribution in [0.1, 0.15) is 47.0 Å². The monoisotopic (exact) mass is 338 g/mol. The second-order valence-corrected chi connectivity index (χ2v) is 6.80. The SMILES string of the molecule is C=CCN1CCC(NC(=NCCC(OCC)C(C)C)NCC)CC1. The molecule has 1 saturated heterocycles. The zero-order valence-electron chi connectivity index (χ0n) is 16.2. The van der Waals surface area contributed by atoms with Gasteiger partial charge in [-0.1, -0.05) is 19.9 Å². The molecule has 1 fully saturated rings. The largest absolute Gasteiger partial charge is 0.378 e.